The Morgan fingerprint density at radius 3 is 2.65 bits per heavy atom. The van der Waals surface area contributed by atoms with E-state index in [-0.39, 0.29) is 12.2 Å². The van der Waals surface area contributed by atoms with E-state index in [1.54, 1.807) is 4.68 Å². The van der Waals surface area contributed by atoms with Gasteiger partial charge >= 0.3 is 0 Å². The van der Waals surface area contributed by atoms with Gasteiger partial charge in [-0.15, -0.1) is 0 Å². The van der Waals surface area contributed by atoms with Crippen molar-refractivity contribution in [3.8, 4) is 5.69 Å². The molecule has 0 atom stereocenters. The Morgan fingerprint density at radius 2 is 2.06 bits per heavy atom. The number of carbonyl (C=O) groups excluding carboxylic acids is 1. The highest BCUT2D eigenvalue weighted by atomic mass is 32.1. The molecular formula is C12H13N3OS. The van der Waals surface area contributed by atoms with E-state index in [1.165, 1.54) is 12.5 Å². The van der Waals surface area contributed by atoms with Crippen LogP contribution < -0.4 is 0 Å². The highest BCUT2D eigenvalue weighted by Gasteiger charge is 2.05. The molecule has 0 aliphatic carbocycles. The number of H-pyrrole nitrogens is 1. The van der Waals surface area contributed by atoms with Crippen LogP contribution in [0.15, 0.2) is 24.3 Å². The summed E-state index contributed by atoms with van der Waals surface area (Å²) in [5.74, 6) is 0.660. The van der Waals surface area contributed by atoms with E-state index in [4.69, 9.17) is 12.2 Å². The second kappa shape index (κ2) is 4.63. The van der Waals surface area contributed by atoms with Crippen LogP contribution in [0, 0.1) is 11.7 Å². The van der Waals surface area contributed by atoms with Crippen molar-refractivity contribution in [1.29, 1.82) is 0 Å². The average Bonchev–Trinajstić information content (AvgIpc) is 2.59. The van der Waals surface area contributed by atoms with Crippen molar-refractivity contribution in [2.45, 2.75) is 20.3 Å². The zero-order valence-electron chi connectivity index (χ0n) is 9.73. The van der Waals surface area contributed by atoms with Crippen LogP contribution in [0.5, 0.6) is 0 Å². The molecule has 4 nitrogen and oxygen atoms in total. The minimum atomic E-state index is 0.0600. The minimum Gasteiger partial charge on any atom is -0.300 e. The summed E-state index contributed by atoms with van der Waals surface area (Å²) in [5.41, 5.74) is 2.10. The van der Waals surface area contributed by atoms with Gasteiger partial charge < -0.3 is 0 Å². The molecule has 0 aliphatic heterocycles. The van der Waals surface area contributed by atoms with Crippen LogP contribution in [0.4, 0.5) is 0 Å². The van der Waals surface area contributed by atoms with E-state index in [0.717, 1.165) is 5.69 Å². The lowest BCUT2D eigenvalue weighted by atomic mass is 10.2. The number of aromatic amines is 1. The molecule has 0 aliphatic rings. The summed E-state index contributed by atoms with van der Waals surface area (Å²) in [5, 5.41) is 3.03. The number of aryl methyl sites for hydroxylation is 1. The maximum Gasteiger partial charge on any atom is 0.220 e. The van der Waals surface area contributed by atoms with Crippen molar-refractivity contribution in [2.24, 2.45) is 0 Å². The Morgan fingerprint density at radius 1 is 1.41 bits per heavy atom. The first-order valence-electron chi connectivity index (χ1n) is 5.30. The highest BCUT2D eigenvalue weighted by Crippen LogP contribution is 2.09. The number of ketones is 1. The van der Waals surface area contributed by atoms with Gasteiger partial charge in [-0.05, 0) is 38.2 Å². The summed E-state index contributed by atoms with van der Waals surface area (Å²) in [6.45, 7) is 3.55. The molecule has 17 heavy (non-hydrogen) atoms. The third-order valence-electron chi connectivity index (χ3n) is 2.37. The number of aromatic nitrogens is 3. The van der Waals surface area contributed by atoms with Gasteiger partial charge in [0, 0.05) is 0 Å². The van der Waals surface area contributed by atoms with Crippen molar-refractivity contribution in [2.75, 3.05) is 0 Å². The maximum atomic E-state index is 11.0. The van der Waals surface area contributed by atoms with Crippen molar-refractivity contribution < 1.29 is 4.79 Å². The van der Waals surface area contributed by atoms with Gasteiger partial charge in [0.15, 0.2) is 0 Å². The van der Waals surface area contributed by atoms with Crippen molar-refractivity contribution >= 4 is 18.0 Å². The molecule has 0 fully saturated rings. The molecule has 0 saturated carbocycles. The Hall–Kier alpha value is -1.75. The third kappa shape index (κ3) is 2.68. The smallest absolute Gasteiger partial charge is 0.220 e. The molecule has 1 heterocycles. The Bertz CT molecular complexity index is 595. The van der Waals surface area contributed by atoms with Crippen LogP contribution in [0.3, 0.4) is 0 Å². The number of hydrogen-bond acceptors (Lipinski definition) is 3. The first-order valence-corrected chi connectivity index (χ1v) is 5.71. The van der Waals surface area contributed by atoms with Crippen LogP contribution >= 0.6 is 12.2 Å². The summed E-state index contributed by atoms with van der Waals surface area (Å²) in [4.78, 5) is 15.2. The van der Waals surface area contributed by atoms with Gasteiger partial charge in [-0.3, -0.25) is 9.89 Å². The number of benzene rings is 1. The topological polar surface area (TPSA) is 50.7 Å². The molecule has 0 spiro atoms. The largest absolute Gasteiger partial charge is 0.300 e. The molecule has 2 aromatic rings. The number of carbonyl (C=O) groups is 1. The number of nitrogens with zero attached hydrogens (tertiary/aromatic N) is 2. The average molecular weight is 247 g/mol. The van der Waals surface area contributed by atoms with Crippen LogP contribution in [0.2, 0.25) is 0 Å². The standard InChI is InChI=1S/C12H13N3OS/c1-8-3-5-10(6-4-8)15-12(17)13-11(14-15)7-9(2)16/h3-6H,7H2,1-2H3,(H,13,14,17). The Kier molecular flexibility index (Phi) is 3.19. The van der Waals surface area contributed by atoms with E-state index < -0.39 is 0 Å². The number of Topliss-reactive ketones (excluding diaryl/α,β-unsaturated/α-hetero) is 1. The predicted octanol–water partition coefficient (Wildman–Crippen LogP) is 2.37. The fourth-order valence-electron chi connectivity index (χ4n) is 1.55. The van der Waals surface area contributed by atoms with Crippen LogP contribution in [0.1, 0.15) is 18.3 Å². The van der Waals surface area contributed by atoms with Gasteiger partial charge in [-0.2, -0.15) is 0 Å². The first-order chi connectivity index (χ1) is 8.06. The van der Waals surface area contributed by atoms with Crippen LogP contribution in [-0.4, -0.2) is 20.5 Å². The second-order valence-electron chi connectivity index (χ2n) is 4.00. The van der Waals surface area contributed by atoms with Crippen molar-refractivity contribution in [1.82, 2.24) is 14.8 Å². The molecule has 1 N–H and O–H groups in total. The van der Waals surface area contributed by atoms with E-state index in [1.807, 2.05) is 31.2 Å². The second-order valence-corrected chi connectivity index (χ2v) is 4.37. The Labute approximate surface area is 104 Å². The summed E-state index contributed by atoms with van der Waals surface area (Å²) >= 11 is 5.15. The first kappa shape index (κ1) is 11.7. The third-order valence-corrected chi connectivity index (χ3v) is 2.65. The number of nitrogens with one attached hydrogen (secondary N) is 1. The van der Waals surface area contributed by atoms with Gasteiger partial charge in [0.05, 0.1) is 12.1 Å². The van der Waals surface area contributed by atoms with Gasteiger partial charge in [0.25, 0.3) is 0 Å². The van der Waals surface area contributed by atoms with Crippen LogP contribution in [0.25, 0.3) is 5.69 Å². The van der Waals surface area contributed by atoms with Crippen LogP contribution in [-0.2, 0) is 11.2 Å². The molecule has 2 rings (SSSR count). The quantitative estimate of drug-likeness (QED) is 0.847. The van der Waals surface area contributed by atoms with Gasteiger partial charge in [0.1, 0.15) is 11.6 Å². The SMILES string of the molecule is CC(=O)Cc1nc(=S)n(-c2ccc(C)cc2)[nH]1. The van der Waals surface area contributed by atoms with E-state index in [0.29, 0.717) is 10.6 Å². The predicted molar refractivity (Wildman–Crippen MR) is 67.9 cm³/mol. The van der Waals surface area contributed by atoms with E-state index >= 15 is 0 Å². The van der Waals surface area contributed by atoms with E-state index in [9.17, 15) is 4.79 Å². The lowest BCUT2D eigenvalue weighted by molar-refractivity contribution is -0.116. The minimum absolute atomic E-state index is 0.0600. The zero-order chi connectivity index (χ0) is 12.4. The highest BCUT2D eigenvalue weighted by molar-refractivity contribution is 7.71. The molecule has 88 valence electrons. The lowest BCUT2D eigenvalue weighted by Crippen LogP contribution is -2.01. The number of hydrogen-bond donors (Lipinski definition) is 1. The van der Waals surface area contributed by atoms with Crippen molar-refractivity contribution in [3.63, 3.8) is 0 Å². The summed E-state index contributed by atoms with van der Waals surface area (Å²) in [6.07, 6.45) is 0.280. The molecule has 1 aromatic heterocycles. The van der Waals surface area contributed by atoms with Crippen molar-refractivity contribution in [3.05, 3.63) is 40.4 Å². The van der Waals surface area contributed by atoms with Gasteiger partial charge in [0.2, 0.25) is 4.77 Å². The fraction of sp³-hybridized carbons (Fsp3) is 0.250. The Balaban J connectivity index is 2.39. The molecule has 0 radical (unpaired) electrons. The molecule has 0 bridgehead atoms. The zero-order valence-corrected chi connectivity index (χ0v) is 10.5. The number of rotatable bonds is 3. The van der Waals surface area contributed by atoms with Gasteiger partial charge in [-0.25, -0.2) is 9.67 Å². The monoisotopic (exact) mass is 247 g/mol. The molecule has 0 amide bonds. The fourth-order valence-corrected chi connectivity index (χ4v) is 1.81. The molecular weight excluding hydrogens is 234 g/mol. The molecule has 5 heteroatoms. The normalized spacial score (nSPS) is 10.5. The molecule has 0 saturated heterocycles. The van der Waals surface area contributed by atoms with Gasteiger partial charge in [-0.1, -0.05) is 17.7 Å². The molecule has 0 unspecified atom stereocenters. The summed E-state index contributed by atoms with van der Waals surface area (Å²) in [6, 6.07) is 7.92. The van der Waals surface area contributed by atoms with E-state index in [2.05, 4.69) is 10.1 Å². The molecule has 1 aromatic carbocycles. The maximum absolute atomic E-state index is 11.0. The summed E-state index contributed by atoms with van der Waals surface area (Å²) in [7, 11) is 0. The lowest BCUT2D eigenvalue weighted by Gasteiger charge is -2.01. The summed E-state index contributed by atoms with van der Waals surface area (Å²) < 4.78 is 2.14.